The summed E-state index contributed by atoms with van der Waals surface area (Å²) >= 11 is 0. The van der Waals surface area contributed by atoms with Crippen LogP contribution in [0.5, 0.6) is 0 Å². The van der Waals surface area contributed by atoms with Gasteiger partial charge in [-0.25, -0.2) is 14.2 Å². The monoisotopic (exact) mass is 495 g/mol. The fourth-order valence-corrected chi connectivity index (χ4v) is 5.46. The predicted octanol–water partition coefficient (Wildman–Crippen LogP) is 5.83. The molecular weight excluding hydrogens is 465 g/mol. The van der Waals surface area contributed by atoms with Crippen LogP contribution in [0.3, 0.4) is 0 Å². The number of nitrogens with zero attached hydrogens (tertiary/aromatic N) is 3. The molecule has 0 saturated carbocycles. The Balaban J connectivity index is 1.10. The first-order chi connectivity index (χ1) is 18.1. The number of aromatic nitrogens is 2. The number of rotatable bonds is 7. The molecule has 37 heavy (non-hydrogen) atoms. The van der Waals surface area contributed by atoms with Crippen molar-refractivity contribution in [1.29, 1.82) is 0 Å². The van der Waals surface area contributed by atoms with Gasteiger partial charge in [-0.2, -0.15) is 0 Å². The zero-order chi connectivity index (χ0) is 25.2. The van der Waals surface area contributed by atoms with Gasteiger partial charge in [-0.05, 0) is 80.2 Å². The number of benzene rings is 3. The molecule has 3 aromatic carbocycles. The van der Waals surface area contributed by atoms with Gasteiger partial charge in [0.15, 0.2) is 0 Å². The summed E-state index contributed by atoms with van der Waals surface area (Å²) in [6.45, 7) is 3.58. The van der Waals surface area contributed by atoms with E-state index in [1.54, 1.807) is 0 Å². The van der Waals surface area contributed by atoms with Crippen molar-refractivity contribution in [2.45, 2.75) is 32.2 Å². The minimum Gasteiger partial charge on any atom is -0.423 e. The molecule has 0 amide bonds. The summed E-state index contributed by atoms with van der Waals surface area (Å²) in [5.74, 6) is 1.44. The van der Waals surface area contributed by atoms with Crippen molar-refractivity contribution in [3.63, 3.8) is 0 Å². The van der Waals surface area contributed by atoms with Crippen molar-refractivity contribution in [3.8, 4) is 0 Å². The Morgan fingerprint density at radius 1 is 0.946 bits per heavy atom. The van der Waals surface area contributed by atoms with Crippen molar-refractivity contribution >= 4 is 22.0 Å². The molecule has 1 saturated heterocycles. The van der Waals surface area contributed by atoms with Gasteiger partial charge >= 0.3 is 5.63 Å². The summed E-state index contributed by atoms with van der Waals surface area (Å²) in [7, 11) is 0. The van der Waals surface area contributed by atoms with Crippen LogP contribution in [-0.2, 0) is 19.4 Å². The molecule has 188 valence electrons. The van der Waals surface area contributed by atoms with Crippen LogP contribution in [0.15, 0.2) is 88.1 Å². The number of hydrogen-bond donors (Lipinski definition) is 0. The lowest BCUT2D eigenvalue weighted by atomic mass is 9.93. The van der Waals surface area contributed by atoms with Crippen LogP contribution < -0.4 is 5.63 Å². The van der Waals surface area contributed by atoms with Gasteiger partial charge in [0.05, 0.1) is 11.0 Å². The van der Waals surface area contributed by atoms with Gasteiger partial charge in [0.2, 0.25) is 0 Å². The first-order valence-electron chi connectivity index (χ1n) is 13.0. The predicted molar refractivity (Wildman–Crippen MR) is 144 cm³/mol. The summed E-state index contributed by atoms with van der Waals surface area (Å²) < 4.78 is 21.2. The van der Waals surface area contributed by atoms with Gasteiger partial charge in [0.1, 0.15) is 17.2 Å². The van der Waals surface area contributed by atoms with Crippen LogP contribution in [0.2, 0.25) is 0 Å². The molecule has 0 unspecified atom stereocenters. The van der Waals surface area contributed by atoms with E-state index in [-0.39, 0.29) is 11.4 Å². The van der Waals surface area contributed by atoms with E-state index in [1.807, 2.05) is 54.6 Å². The van der Waals surface area contributed by atoms with Crippen molar-refractivity contribution in [3.05, 3.63) is 112 Å². The standard InChI is InChI=1S/C31H30FN3O2/c32-26-11-9-23(10-12-26)21-35-28-7-3-2-6-27(28)33-30(35)19-22-13-16-34(17-14-22)18-15-25-20-24-5-1-4-8-29(24)37-31(25)36/h1-12,20,22H,13-19,21H2. The summed E-state index contributed by atoms with van der Waals surface area (Å²) in [6.07, 6.45) is 3.83. The Labute approximate surface area is 215 Å². The second kappa shape index (κ2) is 10.3. The van der Waals surface area contributed by atoms with E-state index < -0.39 is 0 Å². The van der Waals surface area contributed by atoms with Gasteiger partial charge in [-0.1, -0.05) is 42.5 Å². The van der Waals surface area contributed by atoms with E-state index in [4.69, 9.17) is 9.40 Å². The highest BCUT2D eigenvalue weighted by molar-refractivity contribution is 5.77. The van der Waals surface area contributed by atoms with Crippen LogP contribution in [0.1, 0.15) is 29.8 Å². The third-order valence-corrected chi connectivity index (χ3v) is 7.58. The molecular formula is C31H30FN3O2. The first kappa shape index (κ1) is 23.6. The fraction of sp³-hybridized carbons (Fsp3) is 0.290. The van der Waals surface area contributed by atoms with Crippen LogP contribution in [0.4, 0.5) is 4.39 Å². The minimum absolute atomic E-state index is 0.215. The van der Waals surface area contributed by atoms with Gasteiger partial charge in [0, 0.05) is 30.5 Å². The Morgan fingerprint density at radius 3 is 2.54 bits per heavy atom. The van der Waals surface area contributed by atoms with Crippen molar-refractivity contribution in [2.75, 3.05) is 19.6 Å². The summed E-state index contributed by atoms with van der Waals surface area (Å²) in [5, 5.41) is 0.972. The fourth-order valence-electron chi connectivity index (χ4n) is 5.46. The molecule has 0 bridgehead atoms. The summed E-state index contributed by atoms with van der Waals surface area (Å²) in [6, 6.07) is 24.6. The molecule has 6 heteroatoms. The Bertz CT molecular complexity index is 1580. The zero-order valence-corrected chi connectivity index (χ0v) is 20.8. The molecule has 0 N–H and O–H groups in total. The number of hydrogen-bond acceptors (Lipinski definition) is 4. The average molecular weight is 496 g/mol. The van der Waals surface area contributed by atoms with E-state index >= 15 is 0 Å². The number of imidazole rings is 1. The smallest absolute Gasteiger partial charge is 0.339 e. The van der Waals surface area contributed by atoms with Crippen LogP contribution in [-0.4, -0.2) is 34.1 Å². The summed E-state index contributed by atoms with van der Waals surface area (Å²) in [4.78, 5) is 19.8. The maximum absolute atomic E-state index is 13.4. The van der Waals surface area contributed by atoms with Gasteiger partial charge in [-0.3, -0.25) is 0 Å². The maximum atomic E-state index is 13.4. The minimum atomic E-state index is -0.228. The summed E-state index contributed by atoms with van der Waals surface area (Å²) in [5.41, 5.74) is 4.35. The largest absolute Gasteiger partial charge is 0.423 e. The van der Waals surface area contributed by atoms with Crippen molar-refractivity contribution in [1.82, 2.24) is 14.5 Å². The third-order valence-electron chi connectivity index (χ3n) is 7.58. The average Bonchev–Trinajstić information content (AvgIpc) is 3.26. The van der Waals surface area contributed by atoms with Crippen molar-refractivity contribution < 1.29 is 8.81 Å². The number of para-hydroxylation sites is 3. The van der Waals surface area contributed by atoms with Crippen LogP contribution in [0, 0.1) is 11.7 Å². The lowest BCUT2D eigenvalue weighted by Crippen LogP contribution is -2.36. The maximum Gasteiger partial charge on any atom is 0.339 e. The van der Waals surface area contributed by atoms with Gasteiger partial charge in [-0.15, -0.1) is 0 Å². The van der Waals surface area contributed by atoms with Crippen LogP contribution >= 0.6 is 0 Å². The number of likely N-dealkylation sites (tertiary alicyclic amines) is 1. The number of piperidine rings is 1. The molecule has 2 aromatic heterocycles. The van der Waals surface area contributed by atoms with Gasteiger partial charge in [0.25, 0.3) is 0 Å². The van der Waals surface area contributed by atoms with E-state index in [0.717, 1.165) is 72.3 Å². The molecule has 0 radical (unpaired) electrons. The Hall–Kier alpha value is -3.77. The molecule has 1 aliphatic rings. The quantitative estimate of drug-likeness (QED) is 0.267. The topological polar surface area (TPSA) is 51.3 Å². The Morgan fingerprint density at radius 2 is 1.70 bits per heavy atom. The second-order valence-electron chi connectivity index (χ2n) is 10.1. The van der Waals surface area contributed by atoms with Gasteiger partial charge < -0.3 is 13.9 Å². The van der Waals surface area contributed by atoms with E-state index in [0.29, 0.717) is 24.5 Å². The number of fused-ring (bicyclic) bond motifs is 2. The molecule has 3 heterocycles. The molecule has 5 aromatic rings. The lowest BCUT2D eigenvalue weighted by molar-refractivity contribution is 0.184. The van der Waals surface area contributed by atoms with Crippen molar-refractivity contribution in [2.24, 2.45) is 5.92 Å². The molecule has 0 atom stereocenters. The van der Waals surface area contributed by atoms with E-state index in [2.05, 4.69) is 21.6 Å². The molecule has 0 aliphatic carbocycles. The van der Waals surface area contributed by atoms with E-state index in [9.17, 15) is 9.18 Å². The first-order valence-corrected chi connectivity index (χ1v) is 13.0. The zero-order valence-electron chi connectivity index (χ0n) is 20.8. The Kier molecular flexibility index (Phi) is 6.58. The highest BCUT2D eigenvalue weighted by Crippen LogP contribution is 2.25. The second-order valence-corrected chi connectivity index (χ2v) is 10.1. The number of halogens is 1. The van der Waals surface area contributed by atoms with E-state index in [1.165, 1.54) is 12.1 Å². The normalized spacial score (nSPS) is 15.1. The molecule has 1 fully saturated rings. The highest BCUT2D eigenvalue weighted by atomic mass is 19.1. The molecule has 5 nitrogen and oxygen atoms in total. The lowest BCUT2D eigenvalue weighted by Gasteiger charge is -2.31. The molecule has 6 rings (SSSR count). The SMILES string of the molecule is O=c1oc2ccccc2cc1CCN1CCC(Cc2nc3ccccc3n2Cc2ccc(F)cc2)CC1. The van der Waals surface area contributed by atoms with Crippen LogP contribution in [0.25, 0.3) is 22.0 Å². The molecule has 0 spiro atoms. The third kappa shape index (κ3) is 5.20. The highest BCUT2D eigenvalue weighted by Gasteiger charge is 2.22. The molecule has 1 aliphatic heterocycles.